The molecule has 1 aliphatic carbocycles. The molecule has 3 rings (SSSR count). The van der Waals surface area contributed by atoms with Gasteiger partial charge in [0.15, 0.2) is 5.78 Å². The number of halogens is 1. The van der Waals surface area contributed by atoms with Gasteiger partial charge >= 0.3 is 0 Å². The van der Waals surface area contributed by atoms with E-state index in [2.05, 4.69) is 10.3 Å². The van der Waals surface area contributed by atoms with Crippen molar-refractivity contribution < 1.29 is 9.18 Å². The lowest BCUT2D eigenvalue weighted by Gasteiger charge is -2.13. The summed E-state index contributed by atoms with van der Waals surface area (Å²) in [6, 6.07) is 6.75. The summed E-state index contributed by atoms with van der Waals surface area (Å²) in [6.07, 6.45) is 5.33. The van der Waals surface area contributed by atoms with Crippen LogP contribution < -0.4 is 5.32 Å². The van der Waals surface area contributed by atoms with Gasteiger partial charge in [0.1, 0.15) is 5.82 Å². The number of allylic oxidation sites excluding steroid dienone is 2. The van der Waals surface area contributed by atoms with Gasteiger partial charge in [-0.3, -0.25) is 4.79 Å². The Morgan fingerprint density at radius 3 is 3.05 bits per heavy atom. The van der Waals surface area contributed by atoms with Crippen LogP contribution in [-0.2, 0) is 11.2 Å². The largest absolute Gasteiger partial charge is 0.382 e. The monoisotopic (exact) mass is 272 g/mol. The van der Waals surface area contributed by atoms with E-state index in [1.807, 2.05) is 12.1 Å². The van der Waals surface area contributed by atoms with E-state index in [0.717, 1.165) is 41.6 Å². The molecule has 2 N–H and O–H groups in total. The molecule has 0 atom stereocenters. The van der Waals surface area contributed by atoms with Crippen LogP contribution in [0.15, 0.2) is 36.0 Å². The van der Waals surface area contributed by atoms with Crippen LogP contribution in [0.5, 0.6) is 0 Å². The lowest BCUT2D eigenvalue weighted by Crippen LogP contribution is -2.24. The fourth-order valence-corrected chi connectivity index (χ4v) is 2.55. The minimum Gasteiger partial charge on any atom is -0.382 e. The third-order valence-corrected chi connectivity index (χ3v) is 3.61. The first-order valence-electron chi connectivity index (χ1n) is 6.97. The van der Waals surface area contributed by atoms with Gasteiger partial charge in [-0.2, -0.15) is 0 Å². The van der Waals surface area contributed by atoms with Crippen molar-refractivity contribution in [2.45, 2.75) is 25.7 Å². The zero-order valence-corrected chi connectivity index (χ0v) is 11.2. The highest BCUT2D eigenvalue weighted by Crippen LogP contribution is 2.17. The summed E-state index contributed by atoms with van der Waals surface area (Å²) in [5.74, 6) is -0.0306. The number of fused-ring (bicyclic) bond motifs is 1. The lowest BCUT2D eigenvalue weighted by atomic mass is 10.0. The van der Waals surface area contributed by atoms with Gasteiger partial charge in [0.05, 0.1) is 5.70 Å². The molecule has 0 unspecified atom stereocenters. The number of hydrogen-bond donors (Lipinski definition) is 2. The number of aromatic amines is 1. The highest BCUT2D eigenvalue weighted by atomic mass is 19.1. The molecule has 4 heteroatoms. The fraction of sp³-hybridized carbons (Fsp3) is 0.312. The van der Waals surface area contributed by atoms with Gasteiger partial charge in [0, 0.05) is 30.6 Å². The van der Waals surface area contributed by atoms with Crippen molar-refractivity contribution in [1.82, 2.24) is 10.3 Å². The Balaban J connectivity index is 1.62. The topological polar surface area (TPSA) is 44.9 Å². The Kier molecular flexibility index (Phi) is 3.54. The van der Waals surface area contributed by atoms with E-state index in [-0.39, 0.29) is 11.6 Å². The second kappa shape index (κ2) is 5.49. The SMILES string of the molecule is O=C1CCCC=C1NCCc1cc2ccc(F)cc2[nH]1. The average Bonchev–Trinajstić information content (AvgIpc) is 2.83. The van der Waals surface area contributed by atoms with Crippen LogP contribution in [0.1, 0.15) is 25.0 Å². The molecule has 0 spiro atoms. The van der Waals surface area contributed by atoms with E-state index in [1.54, 1.807) is 6.07 Å². The summed E-state index contributed by atoms with van der Waals surface area (Å²) in [7, 11) is 0. The highest BCUT2D eigenvalue weighted by molar-refractivity contribution is 5.95. The molecule has 1 aromatic heterocycles. The van der Waals surface area contributed by atoms with Crippen molar-refractivity contribution >= 4 is 16.7 Å². The van der Waals surface area contributed by atoms with Gasteiger partial charge in [-0.15, -0.1) is 0 Å². The molecular formula is C16H17FN2O. The zero-order chi connectivity index (χ0) is 13.9. The maximum Gasteiger partial charge on any atom is 0.178 e. The number of hydrogen-bond acceptors (Lipinski definition) is 2. The molecule has 0 aliphatic heterocycles. The predicted octanol–water partition coefficient (Wildman–Crippen LogP) is 3.08. The number of benzene rings is 1. The van der Waals surface area contributed by atoms with Crippen LogP contribution in [0, 0.1) is 5.82 Å². The van der Waals surface area contributed by atoms with Crippen molar-refractivity contribution in [2.24, 2.45) is 0 Å². The number of ketones is 1. The van der Waals surface area contributed by atoms with Crippen molar-refractivity contribution in [3.05, 3.63) is 47.5 Å². The third-order valence-electron chi connectivity index (χ3n) is 3.61. The molecule has 0 amide bonds. The minimum atomic E-state index is -0.234. The normalized spacial score (nSPS) is 15.4. The molecule has 1 aliphatic rings. The Morgan fingerprint density at radius 2 is 2.20 bits per heavy atom. The summed E-state index contributed by atoms with van der Waals surface area (Å²) in [5.41, 5.74) is 2.60. The van der Waals surface area contributed by atoms with Gasteiger partial charge in [0.2, 0.25) is 0 Å². The number of aromatic nitrogens is 1. The van der Waals surface area contributed by atoms with Gasteiger partial charge in [-0.25, -0.2) is 4.39 Å². The molecule has 0 saturated heterocycles. The van der Waals surface area contributed by atoms with E-state index >= 15 is 0 Å². The smallest absolute Gasteiger partial charge is 0.178 e. The van der Waals surface area contributed by atoms with E-state index in [9.17, 15) is 9.18 Å². The Hall–Kier alpha value is -2.10. The summed E-state index contributed by atoms with van der Waals surface area (Å²) in [6.45, 7) is 0.701. The van der Waals surface area contributed by atoms with Crippen LogP contribution in [0.2, 0.25) is 0 Å². The third kappa shape index (κ3) is 2.74. The van der Waals surface area contributed by atoms with Crippen molar-refractivity contribution in [3.8, 4) is 0 Å². The van der Waals surface area contributed by atoms with Crippen LogP contribution in [0.4, 0.5) is 4.39 Å². The van der Waals surface area contributed by atoms with E-state index in [1.165, 1.54) is 12.1 Å². The molecule has 1 aromatic carbocycles. The number of carbonyl (C=O) groups is 1. The summed E-state index contributed by atoms with van der Waals surface area (Å²) >= 11 is 0. The van der Waals surface area contributed by atoms with Gasteiger partial charge in [0.25, 0.3) is 0 Å². The maximum absolute atomic E-state index is 13.1. The van der Waals surface area contributed by atoms with E-state index in [0.29, 0.717) is 13.0 Å². The molecule has 1 heterocycles. The number of carbonyl (C=O) groups excluding carboxylic acids is 1. The average molecular weight is 272 g/mol. The van der Waals surface area contributed by atoms with Crippen LogP contribution in [0.25, 0.3) is 10.9 Å². The number of rotatable bonds is 4. The standard InChI is InChI=1S/C16H17FN2O/c17-12-6-5-11-9-13(19-15(11)10-12)7-8-18-14-3-1-2-4-16(14)20/h3,5-6,9-10,18-19H,1-2,4,7-8H2. The fourth-order valence-electron chi connectivity index (χ4n) is 2.55. The predicted molar refractivity (Wildman–Crippen MR) is 76.9 cm³/mol. The number of nitrogens with one attached hydrogen (secondary N) is 2. The number of Topliss-reactive ketones (excluding diaryl/α,β-unsaturated/α-hetero) is 1. The second-order valence-corrected chi connectivity index (χ2v) is 5.14. The Labute approximate surface area is 116 Å². The first-order chi connectivity index (χ1) is 9.72. The van der Waals surface area contributed by atoms with Crippen molar-refractivity contribution in [3.63, 3.8) is 0 Å². The lowest BCUT2D eigenvalue weighted by molar-refractivity contribution is -0.116. The maximum atomic E-state index is 13.1. The first-order valence-corrected chi connectivity index (χ1v) is 6.97. The van der Waals surface area contributed by atoms with Crippen molar-refractivity contribution in [2.75, 3.05) is 6.54 Å². The molecule has 104 valence electrons. The number of H-pyrrole nitrogens is 1. The van der Waals surface area contributed by atoms with Crippen LogP contribution in [0.3, 0.4) is 0 Å². The first kappa shape index (κ1) is 12.9. The molecule has 2 aromatic rings. The van der Waals surface area contributed by atoms with Gasteiger partial charge in [-0.1, -0.05) is 6.08 Å². The summed E-state index contributed by atoms with van der Waals surface area (Å²) in [4.78, 5) is 14.8. The van der Waals surface area contributed by atoms with Gasteiger partial charge < -0.3 is 10.3 Å². The highest BCUT2D eigenvalue weighted by Gasteiger charge is 2.12. The molecule has 0 bridgehead atoms. The van der Waals surface area contributed by atoms with Crippen LogP contribution >= 0.6 is 0 Å². The summed E-state index contributed by atoms with van der Waals surface area (Å²) in [5, 5.41) is 4.20. The second-order valence-electron chi connectivity index (χ2n) is 5.14. The van der Waals surface area contributed by atoms with Crippen molar-refractivity contribution in [1.29, 1.82) is 0 Å². The molecular weight excluding hydrogens is 255 g/mol. The minimum absolute atomic E-state index is 0.204. The zero-order valence-electron chi connectivity index (χ0n) is 11.2. The van der Waals surface area contributed by atoms with E-state index < -0.39 is 0 Å². The Morgan fingerprint density at radius 1 is 1.30 bits per heavy atom. The molecule has 0 radical (unpaired) electrons. The summed E-state index contributed by atoms with van der Waals surface area (Å²) < 4.78 is 13.1. The van der Waals surface area contributed by atoms with Crippen LogP contribution in [-0.4, -0.2) is 17.3 Å². The molecule has 0 saturated carbocycles. The van der Waals surface area contributed by atoms with E-state index in [4.69, 9.17) is 0 Å². The van der Waals surface area contributed by atoms with Gasteiger partial charge in [-0.05, 0) is 42.5 Å². The Bertz CT molecular complexity index is 672. The molecule has 3 nitrogen and oxygen atoms in total. The molecule has 20 heavy (non-hydrogen) atoms. The molecule has 0 fully saturated rings. The quantitative estimate of drug-likeness (QED) is 0.898.